The van der Waals surface area contributed by atoms with Crippen molar-refractivity contribution < 1.29 is 9.59 Å². The van der Waals surface area contributed by atoms with Crippen LogP contribution in [-0.2, 0) is 11.3 Å². The zero-order valence-corrected chi connectivity index (χ0v) is 29.8. The van der Waals surface area contributed by atoms with Crippen LogP contribution in [0.15, 0.2) is 47.4 Å². The molecule has 262 valence electrons. The smallest absolute Gasteiger partial charge is 0.253 e. The van der Waals surface area contributed by atoms with Gasteiger partial charge in [-0.15, -0.1) is 0 Å². The summed E-state index contributed by atoms with van der Waals surface area (Å²) < 4.78 is 1.95. The molecule has 1 aliphatic heterocycles. The molecule has 3 aromatic heterocycles. The summed E-state index contributed by atoms with van der Waals surface area (Å²) in [7, 11) is 0. The zero-order valence-electron chi connectivity index (χ0n) is 29.8. The Kier molecular flexibility index (Phi) is 8.31. The van der Waals surface area contributed by atoms with E-state index in [1.54, 1.807) is 0 Å². The van der Waals surface area contributed by atoms with Crippen LogP contribution in [0.4, 0.5) is 5.82 Å². The number of aromatic amines is 1. The van der Waals surface area contributed by atoms with Gasteiger partial charge in [-0.25, -0.2) is 4.98 Å². The highest BCUT2D eigenvalue weighted by Crippen LogP contribution is 2.61. The molecule has 4 heterocycles. The van der Waals surface area contributed by atoms with E-state index in [9.17, 15) is 14.4 Å². The third kappa shape index (κ3) is 6.00. The van der Waals surface area contributed by atoms with E-state index < -0.39 is 0 Å². The van der Waals surface area contributed by atoms with Gasteiger partial charge in [-0.05, 0) is 125 Å². The molecule has 0 unspecified atom stereocenters. The van der Waals surface area contributed by atoms with Crippen LogP contribution in [0.25, 0.3) is 22.2 Å². The van der Waals surface area contributed by atoms with Crippen LogP contribution >= 0.6 is 0 Å². The van der Waals surface area contributed by atoms with Gasteiger partial charge in [0.1, 0.15) is 11.5 Å². The lowest BCUT2D eigenvalue weighted by molar-refractivity contribution is -0.139. The number of fused-ring (bicyclic) bond motifs is 1. The monoisotopic (exact) mass is 675 g/mol. The molecule has 2 amide bonds. The predicted octanol–water partition coefficient (Wildman–Crippen LogP) is 6.17. The van der Waals surface area contributed by atoms with Gasteiger partial charge in [0.25, 0.3) is 11.5 Å². The van der Waals surface area contributed by atoms with Crippen molar-refractivity contribution >= 4 is 28.5 Å². The molecule has 0 radical (unpaired) electrons. The first kappa shape index (κ1) is 32.7. The molecule has 1 aromatic carbocycles. The fourth-order valence-electron chi connectivity index (χ4n) is 10.2. The lowest BCUT2D eigenvalue weighted by Crippen LogP contribution is -2.52. The number of aryl methyl sites for hydroxylation is 2. The number of hydrogen-bond donors (Lipinski definition) is 2. The Morgan fingerprint density at radius 3 is 2.30 bits per heavy atom. The molecule has 4 aliphatic carbocycles. The minimum atomic E-state index is -0.264. The van der Waals surface area contributed by atoms with Gasteiger partial charge in [-0.2, -0.15) is 5.10 Å². The summed E-state index contributed by atoms with van der Waals surface area (Å²) in [5.41, 5.74) is 5.15. The fourth-order valence-corrected chi connectivity index (χ4v) is 10.2. The Balaban J connectivity index is 0.972. The van der Waals surface area contributed by atoms with E-state index in [2.05, 4.69) is 33.9 Å². The van der Waals surface area contributed by atoms with Crippen LogP contribution in [0.1, 0.15) is 92.0 Å². The quantitative estimate of drug-likeness (QED) is 0.231. The van der Waals surface area contributed by atoms with Gasteiger partial charge < -0.3 is 20.1 Å². The molecule has 4 bridgehead atoms. The molecule has 10 nitrogen and oxygen atoms in total. The lowest BCUT2D eigenvalue weighted by atomic mass is 9.49. The van der Waals surface area contributed by atoms with Gasteiger partial charge in [0.15, 0.2) is 0 Å². The minimum absolute atomic E-state index is 0.0764. The first-order chi connectivity index (χ1) is 24.1. The summed E-state index contributed by atoms with van der Waals surface area (Å²) >= 11 is 0. The third-order valence-electron chi connectivity index (χ3n) is 12.1. The minimum Gasteiger partial charge on any atom is -0.353 e. The van der Waals surface area contributed by atoms with Crippen LogP contribution < -0.4 is 15.8 Å². The van der Waals surface area contributed by atoms with Crippen molar-refractivity contribution in [2.45, 2.75) is 85.2 Å². The molecule has 50 heavy (non-hydrogen) atoms. The lowest BCUT2D eigenvalue weighted by Gasteiger charge is -2.57. The molecule has 0 spiro atoms. The van der Waals surface area contributed by atoms with Gasteiger partial charge in [-0.3, -0.25) is 19.1 Å². The molecular formula is C40H49N7O3. The van der Waals surface area contributed by atoms with E-state index in [-0.39, 0.29) is 29.5 Å². The molecule has 0 atom stereocenters. The maximum Gasteiger partial charge on any atom is 0.253 e. The first-order valence-electron chi connectivity index (χ1n) is 18.5. The van der Waals surface area contributed by atoms with Crippen LogP contribution in [0.2, 0.25) is 0 Å². The number of amides is 2. The maximum atomic E-state index is 13.7. The van der Waals surface area contributed by atoms with Gasteiger partial charge in [0.05, 0.1) is 11.1 Å². The van der Waals surface area contributed by atoms with Crippen molar-refractivity contribution in [1.82, 2.24) is 30.0 Å². The van der Waals surface area contributed by atoms with Crippen molar-refractivity contribution in [3.05, 3.63) is 75.3 Å². The molecule has 4 aromatic rings. The number of benzene rings is 1. The molecule has 10 heteroatoms. The van der Waals surface area contributed by atoms with Gasteiger partial charge in [-0.1, -0.05) is 6.07 Å². The summed E-state index contributed by atoms with van der Waals surface area (Å²) in [6.45, 7) is 11.0. The Morgan fingerprint density at radius 2 is 1.68 bits per heavy atom. The molecule has 9 rings (SSSR count). The second-order valence-electron chi connectivity index (χ2n) is 16.1. The van der Waals surface area contributed by atoms with Crippen molar-refractivity contribution in [3.63, 3.8) is 0 Å². The van der Waals surface area contributed by atoms with E-state index in [1.807, 2.05) is 61.1 Å². The summed E-state index contributed by atoms with van der Waals surface area (Å²) in [5.74, 6) is 3.55. The standard InChI is InChI=1S/C40H49N7O3/c1-24(2)47-33-7-5-6-31(38(49)42-23-32-25(3)14-26(4)43-39(32)50)36(33)37(44-47)30-8-9-34(41-22-30)45-10-12-46(13-11-45)35(48)21-40-18-27-15-28(19-40)17-29(16-27)20-40/h5-9,14,22,24,27-29H,10-13,15-21,23H2,1-4H3,(H,42,49)(H,43,50). The van der Waals surface area contributed by atoms with Crippen LogP contribution in [0.5, 0.6) is 0 Å². The van der Waals surface area contributed by atoms with Crippen molar-refractivity contribution in [2.24, 2.45) is 23.2 Å². The SMILES string of the molecule is Cc1cc(C)c(CNC(=O)c2cccc3c2c(-c2ccc(N4CCN(C(=O)CC56CC7CC(CC(C7)C5)C6)CC4)nc2)nn3C(C)C)c(=O)[nH]1. The fraction of sp³-hybridized carbons (Fsp3) is 0.525. The average Bonchev–Trinajstić information content (AvgIpc) is 3.47. The maximum absolute atomic E-state index is 13.7. The molecule has 4 saturated carbocycles. The van der Waals surface area contributed by atoms with Crippen LogP contribution in [0, 0.1) is 37.0 Å². The average molecular weight is 676 g/mol. The molecule has 5 aliphatic rings. The van der Waals surface area contributed by atoms with Crippen molar-refractivity contribution in [1.29, 1.82) is 0 Å². The number of carbonyl (C=O) groups is 2. The number of H-pyrrole nitrogens is 1. The Labute approximate surface area is 293 Å². The largest absolute Gasteiger partial charge is 0.353 e. The number of piperazine rings is 1. The Morgan fingerprint density at radius 1 is 0.980 bits per heavy atom. The zero-order chi connectivity index (χ0) is 34.7. The highest BCUT2D eigenvalue weighted by atomic mass is 16.2. The van der Waals surface area contributed by atoms with Crippen LogP contribution in [0.3, 0.4) is 0 Å². The second-order valence-corrected chi connectivity index (χ2v) is 16.1. The van der Waals surface area contributed by atoms with E-state index in [0.717, 1.165) is 83.9 Å². The van der Waals surface area contributed by atoms with E-state index >= 15 is 0 Å². The van der Waals surface area contributed by atoms with Gasteiger partial charge in [0, 0.05) is 73.6 Å². The van der Waals surface area contributed by atoms with E-state index in [4.69, 9.17) is 10.1 Å². The van der Waals surface area contributed by atoms with Crippen LogP contribution in [-0.4, -0.2) is 62.6 Å². The van der Waals surface area contributed by atoms with Gasteiger partial charge in [0.2, 0.25) is 5.91 Å². The molecule has 1 saturated heterocycles. The van der Waals surface area contributed by atoms with Crippen molar-refractivity contribution in [3.8, 4) is 11.3 Å². The number of carbonyl (C=O) groups excluding carboxylic acids is 2. The number of pyridine rings is 2. The van der Waals surface area contributed by atoms with E-state index in [1.165, 1.54) is 38.5 Å². The number of nitrogens with one attached hydrogen (secondary N) is 2. The highest BCUT2D eigenvalue weighted by Gasteiger charge is 2.51. The summed E-state index contributed by atoms with van der Waals surface area (Å²) in [6, 6.07) is 11.7. The third-order valence-corrected chi connectivity index (χ3v) is 12.1. The molecular weight excluding hydrogens is 626 g/mol. The number of rotatable bonds is 8. The first-order valence-corrected chi connectivity index (χ1v) is 18.5. The number of hydrogen-bond acceptors (Lipinski definition) is 6. The summed E-state index contributed by atoms with van der Waals surface area (Å²) in [5, 5.41) is 8.73. The predicted molar refractivity (Wildman–Crippen MR) is 195 cm³/mol. The van der Waals surface area contributed by atoms with E-state index in [0.29, 0.717) is 22.7 Å². The van der Waals surface area contributed by atoms with Gasteiger partial charge >= 0.3 is 0 Å². The second kappa shape index (κ2) is 12.7. The van der Waals surface area contributed by atoms with Crippen molar-refractivity contribution in [2.75, 3.05) is 31.1 Å². The topological polar surface area (TPSA) is 116 Å². The normalized spacial score (nSPS) is 24.4. The molecule has 5 fully saturated rings. The summed E-state index contributed by atoms with van der Waals surface area (Å²) in [6.07, 6.45) is 10.6. The number of anilines is 1. The summed E-state index contributed by atoms with van der Waals surface area (Å²) in [4.78, 5) is 51.9. The number of aromatic nitrogens is 4. The molecule has 2 N–H and O–H groups in total. The Hall–Kier alpha value is -4.47. The number of nitrogens with zero attached hydrogens (tertiary/aromatic N) is 5. The Bertz CT molecular complexity index is 1970. The highest BCUT2D eigenvalue weighted by molar-refractivity contribution is 6.11.